The fourth-order valence-corrected chi connectivity index (χ4v) is 7.16. The summed E-state index contributed by atoms with van der Waals surface area (Å²) in [4.78, 5) is 37.2. The molecule has 0 saturated heterocycles. The number of esters is 2. The van der Waals surface area contributed by atoms with Crippen molar-refractivity contribution in [3.05, 3.63) is 97.2 Å². The number of rotatable bonds is 49. The minimum Gasteiger partial charge on any atom is -0.545 e. The Labute approximate surface area is 422 Å². The first kappa shape index (κ1) is 65.2. The Hall–Kier alpha value is -3.79. The zero-order valence-corrected chi connectivity index (χ0v) is 44.6. The molecule has 0 N–H and O–H groups in total. The summed E-state index contributed by atoms with van der Waals surface area (Å²) in [5, 5.41) is 11.7. The van der Waals surface area contributed by atoms with Crippen LogP contribution in [0.3, 0.4) is 0 Å². The number of nitrogens with zero attached hydrogens (tertiary/aromatic N) is 1. The monoisotopic (exact) mass is 964 g/mol. The van der Waals surface area contributed by atoms with Gasteiger partial charge in [0.15, 0.2) is 12.4 Å². The van der Waals surface area contributed by atoms with E-state index in [1.165, 1.54) is 83.5 Å². The lowest BCUT2D eigenvalue weighted by atomic mass is 10.0. The van der Waals surface area contributed by atoms with E-state index in [1.807, 2.05) is 21.1 Å². The first-order valence-electron chi connectivity index (χ1n) is 27.4. The maximum Gasteiger partial charge on any atom is 0.306 e. The second-order valence-corrected chi connectivity index (χ2v) is 19.1. The van der Waals surface area contributed by atoms with Crippen LogP contribution in [-0.2, 0) is 33.3 Å². The first-order chi connectivity index (χ1) is 33.6. The summed E-state index contributed by atoms with van der Waals surface area (Å²) in [5.41, 5.74) is 0. The standard InChI is InChI=1S/C60H101NO8/c1-6-8-10-12-14-16-18-20-22-23-24-25-26-27-28-29-30-31-32-33-34-35-37-39-41-43-45-47-49-51-58(63)69-56(55-68-60(59(64)65)66-53-52-61(3,4)5)54-67-57(62)50-48-46-44-42-40-38-36-21-19-17-15-13-11-9-7-2/h8-11,14-17,20-22,24-25,36,40,42,56,60H,6-7,12-13,18-19,23,26-35,37-39,41,43-55H2,1-5H3/b10-8-,11-9-,16-14-,17-15-,22-20-,25-24-,36-21-,42-40-. The van der Waals surface area contributed by atoms with Gasteiger partial charge >= 0.3 is 11.9 Å². The molecule has 9 heteroatoms. The number of allylic oxidation sites excluding steroid dienone is 16. The summed E-state index contributed by atoms with van der Waals surface area (Å²) in [6, 6.07) is 0. The molecule has 0 rings (SSSR count). The number of carbonyl (C=O) groups is 3. The van der Waals surface area contributed by atoms with Crippen LogP contribution in [0, 0.1) is 0 Å². The summed E-state index contributed by atoms with van der Waals surface area (Å²) in [5.74, 6) is -2.35. The molecule has 0 heterocycles. The van der Waals surface area contributed by atoms with E-state index in [1.54, 1.807) is 0 Å². The highest BCUT2D eigenvalue weighted by molar-refractivity contribution is 5.70. The van der Waals surface area contributed by atoms with Crippen LogP contribution in [0.25, 0.3) is 0 Å². The maximum atomic E-state index is 12.8. The number of likely N-dealkylation sites (N-methyl/N-ethyl adjacent to an activating group) is 1. The molecule has 0 fully saturated rings. The number of carbonyl (C=O) groups excluding carboxylic acids is 3. The second kappa shape index (κ2) is 50.6. The normalized spacial score (nSPS) is 13.6. The Kier molecular flexibility index (Phi) is 47.8. The predicted molar refractivity (Wildman–Crippen MR) is 287 cm³/mol. The molecule has 0 aromatic heterocycles. The van der Waals surface area contributed by atoms with E-state index in [0.29, 0.717) is 23.9 Å². The Morgan fingerprint density at radius 1 is 0.435 bits per heavy atom. The van der Waals surface area contributed by atoms with Gasteiger partial charge in [0.2, 0.25) is 0 Å². The van der Waals surface area contributed by atoms with Gasteiger partial charge in [0, 0.05) is 12.8 Å². The van der Waals surface area contributed by atoms with E-state index < -0.39 is 30.3 Å². The van der Waals surface area contributed by atoms with Crippen LogP contribution in [0.4, 0.5) is 0 Å². The molecule has 2 atom stereocenters. The SMILES string of the molecule is CC/C=C\C/C=C\C/C=C\C/C=C\CCCCCCCCCCCCCCCCCCC(=O)OC(COC(=O)CCCC/C=C\C/C=C\C/C=C\C/C=C\CC)COC(OCC[N+](C)(C)C)C(=O)[O-]. The van der Waals surface area contributed by atoms with Gasteiger partial charge in [-0.1, -0.05) is 201 Å². The average molecular weight is 964 g/mol. The third-order valence-corrected chi connectivity index (χ3v) is 11.3. The van der Waals surface area contributed by atoms with Crippen molar-refractivity contribution in [2.24, 2.45) is 0 Å². The molecule has 0 aliphatic carbocycles. The van der Waals surface area contributed by atoms with Crippen LogP contribution in [0.15, 0.2) is 97.2 Å². The molecule has 0 aliphatic rings. The van der Waals surface area contributed by atoms with Crippen molar-refractivity contribution >= 4 is 17.9 Å². The van der Waals surface area contributed by atoms with Gasteiger partial charge in [0.25, 0.3) is 0 Å². The number of unbranched alkanes of at least 4 members (excludes halogenated alkanes) is 18. The Morgan fingerprint density at radius 3 is 1.19 bits per heavy atom. The number of hydrogen-bond donors (Lipinski definition) is 0. The average Bonchev–Trinajstić information content (AvgIpc) is 3.31. The second-order valence-electron chi connectivity index (χ2n) is 19.1. The fraction of sp³-hybridized carbons (Fsp3) is 0.683. The molecule has 0 saturated carbocycles. The van der Waals surface area contributed by atoms with Gasteiger partial charge in [-0.15, -0.1) is 0 Å². The van der Waals surface area contributed by atoms with Crippen molar-refractivity contribution < 1.29 is 42.9 Å². The number of ether oxygens (including phenoxy) is 4. The molecular formula is C60H101NO8. The topological polar surface area (TPSA) is 111 Å². The molecule has 0 radical (unpaired) electrons. The smallest absolute Gasteiger partial charge is 0.306 e. The zero-order chi connectivity index (χ0) is 50.6. The van der Waals surface area contributed by atoms with Gasteiger partial charge < -0.3 is 33.3 Å². The maximum absolute atomic E-state index is 12.8. The Balaban J connectivity index is 4.24. The minimum atomic E-state index is -1.63. The number of quaternary nitrogens is 1. The minimum absolute atomic E-state index is 0.137. The largest absolute Gasteiger partial charge is 0.545 e. The van der Waals surface area contributed by atoms with Gasteiger partial charge in [-0.3, -0.25) is 9.59 Å². The van der Waals surface area contributed by atoms with Crippen LogP contribution in [0.2, 0.25) is 0 Å². The van der Waals surface area contributed by atoms with E-state index in [4.69, 9.17) is 18.9 Å². The molecule has 394 valence electrons. The van der Waals surface area contributed by atoms with Gasteiger partial charge in [-0.2, -0.15) is 0 Å². The molecule has 0 bridgehead atoms. The summed E-state index contributed by atoms with van der Waals surface area (Å²) in [6.07, 6.45) is 64.6. The van der Waals surface area contributed by atoms with E-state index in [9.17, 15) is 19.5 Å². The van der Waals surface area contributed by atoms with E-state index in [-0.39, 0.29) is 32.7 Å². The molecule has 0 spiro atoms. The van der Waals surface area contributed by atoms with Crippen molar-refractivity contribution in [3.63, 3.8) is 0 Å². The Bertz CT molecular complexity index is 1450. The van der Waals surface area contributed by atoms with Crippen LogP contribution < -0.4 is 5.11 Å². The van der Waals surface area contributed by atoms with Gasteiger partial charge in [0.1, 0.15) is 13.2 Å². The summed E-state index contributed by atoms with van der Waals surface area (Å²) in [7, 11) is 5.90. The van der Waals surface area contributed by atoms with Crippen molar-refractivity contribution in [3.8, 4) is 0 Å². The van der Waals surface area contributed by atoms with Crippen LogP contribution in [0.1, 0.15) is 206 Å². The third-order valence-electron chi connectivity index (χ3n) is 11.3. The highest BCUT2D eigenvalue weighted by Crippen LogP contribution is 2.15. The lowest BCUT2D eigenvalue weighted by molar-refractivity contribution is -0.870. The van der Waals surface area contributed by atoms with Gasteiger partial charge in [-0.05, 0) is 89.9 Å². The van der Waals surface area contributed by atoms with Crippen molar-refractivity contribution in [2.45, 2.75) is 219 Å². The molecule has 2 unspecified atom stereocenters. The Morgan fingerprint density at radius 2 is 0.783 bits per heavy atom. The number of aliphatic carboxylic acids is 1. The summed E-state index contributed by atoms with van der Waals surface area (Å²) >= 11 is 0. The lowest BCUT2D eigenvalue weighted by Crippen LogP contribution is -2.44. The number of hydrogen-bond acceptors (Lipinski definition) is 8. The van der Waals surface area contributed by atoms with Crippen molar-refractivity contribution in [1.29, 1.82) is 0 Å². The number of carboxylic acids is 1. The molecule has 69 heavy (non-hydrogen) atoms. The van der Waals surface area contributed by atoms with E-state index >= 15 is 0 Å². The molecule has 0 aromatic rings. The lowest BCUT2D eigenvalue weighted by Gasteiger charge is -2.26. The van der Waals surface area contributed by atoms with Crippen molar-refractivity contribution in [1.82, 2.24) is 0 Å². The van der Waals surface area contributed by atoms with Crippen LogP contribution in [-0.4, -0.2) is 82.3 Å². The summed E-state index contributed by atoms with van der Waals surface area (Å²) < 4.78 is 22.6. The highest BCUT2D eigenvalue weighted by Gasteiger charge is 2.22. The van der Waals surface area contributed by atoms with E-state index in [0.717, 1.165) is 83.5 Å². The first-order valence-corrected chi connectivity index (χ1v) is 27.4. The van der Waals surface area contributed by atoms with Gasteiger partial charge in [0.05, 0.1) is 40.3 Å². The fourth-order valence-electron chi connectivity index (χ4n) is 7.16. The quantitative estimate of drug-likeness (QED) is 0.0195. The summed E-state index contributed by atoms with van der Waals surface area (Å²) in [6.45, 7) is 4.46. The molecule has 0 amide bonds. The highest BCUT2D eigenvalue weighted by atomic mass is 16.7. The number of carboxylic acid groups (broad SMARTS) is 1. The zero-order valence-electron chi connectivity index (χ0n) is 44.6. The molecular weight excluding hydrogens is 863 g/mol. The predicted octanol–water partition coefficient (Wildman–Crippen LogP) is 14.4. The van der Waals surface area contributed by atoms with E-state index in [2.05, 4.69) is 111 Å². The van der Waals surface area contributed by atoms with Gasteiger partial charge in [-0.25, -0.2) is 0 Å². The third kappa shape index (κ3) is 51.9. The molecule has 0 aliphatic heterocycles. The molecule has 0 aromatic carbocycles. The van der Waals surface area contributed by atoms with Crippen molar-refractivity contribution in [2.75, 3.05) is 47.5 Å². The molecule has 9 nitrogen and oxygen atoms in total. The van der Waals surface area contributed by atoms with Crippen LogP contribution >= 0.6 is 0 Å². The van der Waals surface area contributed by atoms with Crippen LogP contribution in [0.5, 0.6) is 0 Å².